The van der Waals surface area contributed by atoms with Gasteiger partial charge < -0.3 is 11.1 Å². The van der Waals surface area contributed by atoms with Gasteiger partial charge in [-0.1, -0.05) is 0 Å². The Labute approximate surface area is 153 Å². The number of primary amides is 1. The lowest BCUT2D eigenvalue weighted by Gasteiger charge is -2.39. The molecule has 3 N–H and O–H groups in total. The smallest absolute Gasteiger partial charge is 0.248 e. The fourth-order valence-electron chi connectivity index (χ4n) is 3.51. The minimum atomic E-state index is -0.465. The Morgan fingerprint density at radius 2 is 1.72 bits per heavy atom. The minimum Gasteiger partial charge on any atom is -0.366 e. The van der Waals surface area contributed by atoms with E-state index < -0.39 is 5.91 Å². The molecule has 0 radical (unpaired) electrons. The molecule has 1 aromatic carbocycles. The van der Waals surface area contributed by atoms with Crippen LogP contribution < -0.4 is 11.1 Å². The summed E-state index contributed by atoms with van der Waals surface area (Å²) in [4.78, 5) is 28.1. The highest BCUT2D eigenvalue weighted by Crippen LogP contribution is 2.20. The summed E-state index contributed by atoms with van der Waals surface area (Å²) < 4.78 is 0. The van der Waals surface area contributed by atoms with Crippen LogP contribution in [0.5, 0.6) is 0 Å². The van der Waals surface area contributed by atoms with E-state index in [1.165, 1.54) is 24.6 Å². The number of hydrogen-bond donors (Lipinski definition) is 2. The first-order valence-electron chi connectivity index (χ1n) is 8.86. The van der Waals surface area contributed by atoms with Crippen LogP contribution in [0, 0.1) is 0 Å². The van der Waals surface area contributed by atoms with Crippen LogP contribution in [0.15, 0.2) is 24.3 Å². The van der Waals surface area contributed by atoms with Crippen LogP contribution in [-0.2, 0) is 4.79 Å². The first-order chi connectivity index (χ1) is 12.1. The van der Waals surface area contributed by atoms with Gasteiger partial charge in [-0.15, -0.1) is 0 Å². The quantitative estimate of drug-likeness (QED) is 0.824. The Morgan fingerprint density at radius 1 is 1.08 bits per heavy atom. The maximum Gasteiger partial charge on any atom is 0.248 e. The summed E-state index contributed by atoms with van der Waals surface area (Å²) in [6.07, 6.45) is 2.29. The molecule has 0 aliphatic carbocycles. The Hall–Kier alpha value is -1.57. The molecule has 3 rings (SSSR count). The monoisotopic (exact) mass is 362 g/mol. The number of thioether (sulfide) groups is 1. The Morgan fingerprint density at radius 3 is 2.32 bits per heavy atom. The van der Waals surface area contributed by atoms with Crippen molar-refractivity contribution in [3.8, 4) is 0 Å². The first kappa shape index (κ1) is 18.2. The molecule has 0 unspecified atom stereocenters. The number of amides is 2. The molecule has 2 fully saturated rings. The predicted molar refractivity (Wildman–Crippen MR) is 102 cm³/mol. The summed E-state index contributed by atoms with van der Waals surface area (Å²) in [5.74, 6) is 2.02. The molecule has 0 saturated carbocycles. The van der Waals surface area contributed by atoms with E-state index in [4.69, 9.17) is 5.73 Å². The molecule has 136 valence electrons. The van der Waals surface area contributed by atoms with Crippen molar-refractivity contribution < 1.29 is 9.59 Å². The number of likely N-dealkylation sites (tertiary alicyclic amines) is 1. The second-order valence-electron chi connectivity index (χ2n) is 6.65. The van der Waals surface area contributed by atoms with Crippen LogP contribution >= 0.6 is 11.8 Å². The molecule has 2 heterocycles. The van der Waals surface area contributed by atoms with Crippen molar-refractivity contribution in [1.82, 2.24) is 9.80 Å². The van der Waals surface area contributed by atoms with Gasteiger partial charge in [-0.25, -0.2) is 0 Å². The number of nitrogens with two attached hydrogens (primary N) is 1. The van der Waals surface area contributed by atoms with Crippen LogP contribution in [0.1, 0.15) is 23.2 Å². The van der Waals surface area contributed by atoms with Crippen LogP contribution in [0.2, 0.25) is 0 Å². The molecule has 2 saturated heterocycles. The molecule has 2 aliphatic heterocycles. The lowest BCUT2D eigenvalue weighted by atomic mass is 10.0. The van der Waals surface area contributed by atoms with E-state index in [9.17, 15) is 9.59 Å². The molecule has 7 heteroatoms. The summed E-state index contributed by atoms with van der Waals surface area (Å²) in [5, 5.41) is 2.88. The summed E-state index contributed by atoms with van der Waals surface area (Å²) >= 11 is 2.04. The highest BCUT2D eigenvalue weighted by atomic mass is 32.2. The highest BCUT2D eigenvalue weighted by molar-refractivity contribution is 7.99. The zero-order chi connectivity index (χ0) is 17.6. The fraction of sp³-hybridized carbons (Fsp3) is 0.556. The summed E-state index contributed by atoms with van der Waals surface area (Å²) in [7, 11) is 0. The van der Waals surface area contributed by atoms with Crippen LogP contribution in [0.3, 0.4) is 0 Å². The number of carbonyl (C=O) groups is 2. The number of anilines is 1. The van der Waals surface area contributed by atoms with E-state index in [0.29, 0.717) is 23.8 Å². The van der Waals surface area contributed by atoms with Crippen molar-refractivity contribution in [3.63, 3.8) is 0 Å². The van der Waals surface area contributed by atoms with Gasteiger partial charge in [0.15, 0.2) is 0 Å². The van der Waals surface area contributed by atoms with Crippen molar-refractivity contribution in [2.24, 2.45) is 5.73 Å². The third-order valence-corrected chi connectivity index (χ3v) is 5.88. The Bertz CT molecular complexity index is 594. The van der Waals surface area contributed by atoms with E-state index in [-0.39, 0.29) is 5.91 Å². The number of rotatable bonds is 5. The van der Waals surface area contributed by atoms with E-state index in [1.54, 1.807) is 24.3 Å². The minimum absolute atomic E-state index is 0.0142. The van der Waals surface area contributed by atoms with Crippen molar-refractivity contribution in [2.75, 3.05) is 49.5 Å². The Balaban J connectivity index is 1.42. The highest BCUT2D eigenvalue weighted by Gasteiger charge is 2.26. The summed E-state index contributed by atoms with van der Waals surface area (Å²) in [6, 6.07) is 7.35. The molecule has 2 amide bonds. The molecule has 25 heavy (non-hydrogen) atoms. The molecule has 6 nitrogen and oxygen atoms in total. The number of carbonyl (C=O) groups excluding carboxylic acids is 2. The maximum atomic E-state index is 12.2. The van der Waals surface area contributed by atoms with Crippen molar-refractivity contribution >= 4 is 29.3 Å². The van der Waals surface area contributed by atoms with Crippen molar-refractivity contribution in [2.45, 2.75) is 18.9 Å². The van der Waals surface area contributed by atoms with Crippen LogP contribution in [0.25, 0.3) is 0 Å². The second-order valence-corrected chi connectivity index (χ2v) is 7.87. The molecular weight excluding hydrogens is 336 g/mol. The van der Waals surface area contributed by atoms with Gasteiger partial charge in [0, 0.05) is 55.0 Å². The first-order valence-corrected chi connectivity index (χ1v) is 10.0. The molecule has 0 aromatic heterocycles. The third-order valence-electron chi connectivity index (χ3n) is 4.94. The number of piperidine rings is 1. The molecule has 0 atom stereocenters. The molecule has 0 spiro atoms. The SMILES string of the molecule is NC(=O)c1ccc(NC(=O)CN2CCC(N3CCSCC3)CC2)cc1. The molecule has 0 bridgehead atoms. The van der Waals surface area contributed by atoms with Crippen molar-refractivity contribution in [1.29, 1.82) is 0 Å². The number of hydrogen-bond acceptors (Lipinski definition) is 5. The zero-order valence-electron chi connectivity index (χ0n) is 14.4. The lowest BCUT2D eigenvalue weighted by Crippen LogP contribution is -2.49. The number of nitrogens with one attached hydrogen (secondary N) is 1. The average Bonchev–Trinajstić information content (AvgIpc) is 2.63. The van der Waals surface area contributed by atoms with Gasteiger partial charge in [-0.05, 0) is 37.1 Å². The van der Waals surface area contributed by atoms with E-state index in [2.05, 4.69) is 15.1 Å². The predicted octanol–water partition coefficient (Wildman–Crippen LogP) is 1.24. The van der Waals surface area contributed by atoms with Gasteiger partial charge >= 0.3 is 0 Å². The van der Waals surface area contributed by atoms with Gasteiger partial charge in [-0.2, -0.15) is 11.8 Å². The second kappa shape index (κ2) is 8.69. The lowest BCUT2D eigenvalue weighted by molar-refractivity contribution is -0.117. The largest absolute Gasteiger partial charge is 0.366 e. The van der Waals surface area contributed by atoms with Gasteiger partial charge in [0.25, 0.3) is 0 Å². The van der Waals surface area contributed by atoms with E-state index >= 15 is 0 Å². The van der Waals surface area contributed by atoms with E-state index in [1.807, 2.05) is 11.8 Å². The van der Waals surface area contributed by atoms with Crippen LogP contribution in [0.4, 0.5) is 5.69 Å². The summed E-state index contributed by atoms with van der Waals surface area (Å²) in [5.41, 5.74) is 6.35. The van der Waals surface area contributed by atoms with Gasteiger partial charge in [-0.3, -0.25) is 19.4 Å². The topological polar surface area (TPSA) is 78.7 Å². The standard InChI is InChI=1S/C18H26N4O2S/c19-18(24)14-1-3-15(4-2-14)20-17(23)13-21-7-5-16(6-8-21)22-9-11-25-12-10-22/h1-4,16H,5-13H2,(H2,19,24)(H,20,23). The zero-order valence-corrected chi connectivity index (χ0v) is 15.3. The van der Waals surface area contributed by atoms with Gasteiger partial charge in [0.2, 0.25) is 11.8 Å². The molecule has 2 aliphatic rings. The number of nitrogens with zero attached hydrogens (tertiary/aromatic N) is 2. The van der Waals surface area contributed by atoms with Crippen molar-refractivity contribution in [3.05, 3.63) is 29.8 Å². The average molecular weight is 362 g/mol. The van der Waals surface area contributed by atoms with Crippen LogP contribution in [-0.4, -0.2) is 71.9 Å². The molecule has 1 aromatic rings. The van der Waals surface area contributed by atoms with Gasteiger partial charge in [0.05, 0.1) is 6.54 Å². The molecular formula is C18H26N4O2S. The normalized spacial score (nSPS) is 20.3. The number of benzene rings is 1. The fourth-order valence-corrected chi connectivity index (χ4v) is 4.44. The van der Waals surface area contributed by atoms with E-state index in [0.717, 1.165) is 25.9 Å². The third kappa shape index (κ3) is 5.20. The Kier molecular flexibility index (Phi) is 6.34. The summed E-state index contributed by atoms with van der Waals surface area (Å²) in [6.45, 7) is 4.78. The maximum absolute atomic E-state index is 12.2. The van der Waals surface area contributed by atoms with Gasteiger partial charge in [0.1, 0.15) is 0 Å².